The second kappa shape index (κ2) is 11.7. The molecule has 1 saturated heterocycles. The second-order valence-electron chi connectivity index (χ2n) is 9.36. The van der Waals surface area contributed by atoms with Gasteiger partial charge in [-0.3, -0.25) is 4.57 Å². The van der Waals surface area contributed by atoms with Crippen molar-refractivity contribution in [1.82, 2.24) is 19.5 Å². The van der Waals surface area contributed by atoms with Gasteiger partial charge in [0, 0.05) is 26.9 Å². The molecular formula is C27H24BrN5O6S2. The molecule has 14 heteroatoms. The van der Waals surface area contributed by atoms with E-state index in [1.165, 1.54) is 23.5 Å². The number of nitrogens with two attached hydrogens (primary N) is 1. The molecule has 1 aliphatic heterocycles. The van der Waals surface area contributed by atoms with Crippen molar-refractivity contribution in [3.63, 3.8) is 0 Å². The van der Waals surface area contributed by atoms with E-state index >= 15 is 0 Å². The number of rotatable bonds is 8. The maximum absolute atomic E-state index is 12.7. The van der Waals surface area contributed by atoms with E-state index in [0.717, 1.165) is 15.4 Å². The Bertz CT molecular complexity index is 1790. The summed E-state index contributed by atoms with van der Waals surface area (Å²) in [6.45, 7) is -0.475. The van der Waals surface area contributed by atoms with Crippen LogP contribution >= 0.6 is 39.5 Å². The van der Waals surface area contributed by atoms with Gasteiger partial charge in [0.15, 0.2) is 17.0 Å². The normalized spacial score (nSPS) is 20.8. The summed E-state index contributed by atoms with van der Waals surface area (Å²) in [6.07, 6.45) is -4.73. The highest BCUT2D eigenvalue weighted by molar-refractivity contribution is 9.10. The summed E-state index contributed by atoms with van der Waals surface area (Å²) in [4.78, 5) is 26.3. The van der Waals surface area contributed by atoms with Gasteiger partial charge in [0.2, 0.25) is 5.95 Å². The summed E-state index contributed by atoms with van der Waals surface area (Å²) in [6, 6.07) is 17.0. The van der Waals surface area contributed by atoms with E-state index in [2.05, 4.69) is 25.9 Å². The largest absolute Gasteiger partial charge is 0.423 e. The number of nitrogen functional groups attached to an aromatic ring is 1. The molecule has 1 aliphatic rings. The molecule has 2 aromatic carbocycles. The Morgan fingerprint density at radius 1 is 1.00 bits per heavy atom. The summed E-state index contributed by atoms with van der Waals surface area (Å²) >= 11 is 6.08. The number of hydrogen-bond donors (Lipinski definition) is 4. The summed E-state index contributed by atoms with van der Waals surface area (Å²) in [5.41, 5.74) is 8.31. The van der Waals surface area contributed by atoms with Crippen LogP contribution in [0.1, 0.15) is 17.4 Å². The van der Waals surface area contributed by atoms with E-state index in [9.17, 15) is 20.1 Å². The van der Waals surface area contributed by atoms with Crippen molar-refractivity contribution in [2.45, 2.75) is 46.2 Å². The molecule has 1 fully saturated rings. The van der Waals surface area contributed by atoms with Crippen LogP contribution < -0.4 is 11.4 Å². The zero-order chi connectivity index (χ0) is 28.7. The molecule has 0 radical (unpaired) electrons. The Morgan fingerprint density at radius 2 is 1.80 bits per heavy atom. The molecule has 0 amide bonds. The molecule has 212 valence electrons. The van der Waals surface area contributed by atoms with Gasteiger partial charge in [-0.1, -0.05) is 69.8 Å². The third-order valence-corrected chi connectivity index (χ3v) is 9.14. The standard InChI is InChI=1S/C27H24BrN5O6S2/c28-16-6-7-17-14(9-16)8-15(25(37)39-17)12-40-23-19-22(31-26(29)32-23)33(24-21(36)20(35)18(10-34)38-24)27(30-19)41-11-13-4-2-1-3-5-13/h1-9,18,20-21,24,34-36H,10-12H2,(H2,29,31,32)/t18-,20-,21-,24-/m1/s1. The van der Waals surface area contributed by atoms with Crippen LogP contribution in [-0.4, -0.2) is 59.8 Å². The first kappa shape index (κ1) is 28.2. The highest BCUT2D eigenvalue weighted by Crippen LogP contribution is 2.39. The van der Waals surface area contributed by atoms with E-state index in [-0.39, 0.29) is 11.7 Å². The van der Waals surface area contributed by atoms with Crippen molar-refractivity contribution < 1.29 is 24.5 Å². The summed E-state index contributed by atoms with van der Waals surface area (Å²) in [7, 11) is 0. The van der Waals surface area contributed by atoms with Crippen LogP contribution in [0.5, 0.6) is 0 Å². The number of hydrogen-bond acceptors (Lipinski definition) is 12. The zero-order valence-electron chi connectivity index (χ0n) is 21.3. The van der Waals surface area contributed by atoms with Crippen LogP contribution in [0.4, 0.5) is 5.95 Å². The number of nitrogens with zero attached hydrogens (tertiary/aromatic N) is 4. The minimum absolute atomic E-state index is 0.0398. The predicted octanol–water partition coefficient (Wildman–Crippen LogP) is 3.47. The maximum atomic E-state index is 12.7. The average molecular weight is 659 g/mol. The van der Waals surface area contributed by atoms with Crippen molar-refractivity contribution in [3.05, 3.63) is 80.6 Å². The van der Waals surface area contributed by atoms with Gasteiger partial charge >= 0.3 is 5.63 Å². The molecule has 11 nitrogen and oxygen atoms in total. The number of thioether (sulfide) groups is 2. The quantitative estimate of drug-likeness (QED) is 0.109. The van der Waals surface area contributed by atoms with Gasteiger partial charge in [-0.25, -0.2) is 14.8 Å². The van der Waals surface area contributed by atoms with E-state index in [1.54, 1.807) is 22.8 Å². The summed E-state index contributed by atoms with van der Waals surface area (Å²) < 4.78 is 13.8. The molecule has 4 atom stereocenters. The Balaban J connectivity index is 1.39. The summed E-state index contributed by atoms with van der Waals surface area (Å²) in [5.74, 6) is 0.740. The molecule has 0 saturated carbocycles. The monoisotopic (exact) mass is 657 g/mol. The van der Waals surface area contributed by atoms with E-state index in [1.807, 2.05) is 36.4 Å². The number of fused-ring (bicyclic) bond motifs is 2. The first-order valence-corrected chi connectivity index (χ1v) is 15.3. The van der Waals surface area contributed by atoms with Gasteiger partial charge in [-0.05, 0) is 29.8 Å². The smallest absolute Gasteiger partial charge is 0.340 e. The topological polar surface area (TPSA) is 170 Å². The Morgan fingerprint density at radius 3 is 2.56 bits per heavy atom. The van der Waals surface area contributed by atoms with Crippen molar-refractivity contribution in [1.29, 1.82) is 0 Å². The van der Waals surface area contributed by atoms with Gasteiger partial charge < -0.3 is 30.2 Å². The van der Waals surface area contributed by atoms with Crippen LogP contribution in [0.2, 0.25) is 0 Å². The van der Waals surface area contributed by atoms with Gasteiger partial charge in [0.1, 0.15) is 34.4 Å². The maximum Gasteiger partial charge on any atom is 0.340 e. The molecular weight excluding hydrogens is 634 g/mol. The number of benzene rings is 2. The molecule has 0 spiro atoms. The molecule has 0 aliphatic carbocycles. The summed E-state index contributed by atoms with van der Waals surface area (Å²) in [5, 5.41) is 32.6. The fourth-order valence-electron chi connectivity index (χ4n) is 4.58. The number of aliphatic hydroxyl groups excluding tert-OH is 3. The highest BCUT2D eigenvalue weighted by Gasteiger charge is 2.45. The molecule has 6 rings (SSSR count). The first-order chi connectivity index (χ1) is 19.8. The molecule has 0 unspecified atom stereocenters. The van der Waals surface area contributed by atoms with Crippen LogP contribution in [0, 0.1) is 0 Å². The number of anilines is 1. The molecule has 4 heterocycles. The fraction of sp³-hybridized carbons (Fsp3) is 0.259. The molecule has 5 N–H and O–H groups in total. The number of imidazole rings is 1. The van der Waals surface area contributed by atoms with E-state index in [0.29, 0.717) is 38.2 Å². The van der Waals surface area contributed by atoms with Crippen molar-refractivity contribution in [2.24, 2.45) is 0 Å². The Hall–Kier alpha value is -2.98. The van der Waals surface area contributed by atoms with Crippen molar-refractivity contribution in [3.8, 4) is 0 Å². The number of aromatic nitrogens is 4. The Kier molecular flexibility index (Phi) is 8.05. The molecule has 0 bridgehead atoms. The molecule has 3 aromatic heterocycles. The second-order valence-corrected chi connectivity index (χ2v) is 12.2. The van der Waals surface area contributed by atoms with Gasteiger partial charge in [-0.2, -0.15) is 4.98 Å². The third kappa shape index (κ3) is 5.60. The van der Waals surface area contributed by atoms with Crippen molar-refractivity contribution >= 4 is 67.5 Å². The Labute approximate surface area is 249 Å². The average Bonchev–Trinajstić information content (AvgIpc) is 3.47. The predicted molar refractivity (Wildman–Crippen MR) is 158 cm³/mol. The number of aliphatic hydroxyl groups is 3. The first-order valence-electron chi connectivity index (χ1n) is 12.5. The molecule has 41 heavy (non-hydrogen) atoms. The lowest BCUT2D eigenvalue weighted by atomic mass is 10.1. The number of halogens is 1. The highest BCUT2D eigenvalue weighted by atomic mass is 79.9. The number of ether oxygens (including phenoxy) is 1. The lowest BCUT2D eigenvalue weighted by molar-refractivity contribution is -0.0548. The van der Waals surface area contributed by atoms with Gasteiger partial charge in [-0.15, -0.1) is 0 Å². The van der Waals surface area contributed by atoms with Crippen LogP contribution in [0.25, 0.3) is 22.1 Å². The van der Waals surface area contributed by atoms with Crippen LogP contribution in [-0.2, 0) is 16.2 Å². The fourth-order valence-corrected chi connectivity index (χ4v) is 6.85. The van der Waals surface area contributed by atoms with Gasteiger partial charge in [0.05, 0.1) is 6.61 Å². The lowest BCUT2D eigenvalue weighted by Crippen LogP contribution is -2.33. The third-order valence-electron chi connectivity index (χ3n) is 6.61. The lowest BCUT2D eigenvalue weighted by Gasteiger charge is -2.19. The SMILES string of the molecule is Nc1nc(SCc2cc3cc(Br)ccc3oc2=O)c2nc(SCc3ccccc3)n([C@@H]3O[C@H](CO)[C@@H](O)[C@H]3O)c2n1. The van der Waals surface area contributed by atoms with Crippen LogP contribution in [0.15, 0.2) is 78.5 Å². The minimum atomic E-state index is -1.35. The minimum Gasteiger partial charge on any atom is -0.423 e. The molecule has 5 aromatic rings. The zero-order valence-corrected chi connectivity index (χ0v) is 24.5. The van der Waals surface area contributed by atoms with Crippen molar-refractivity contribution in [2.75, 3.05) is 12.3 Å². The van der Waals surface area contributed by atoms with E-state index < -0.39 is 36.8 Å². The van der Waals surface area contributed by atoms with Gasteiger partial charge in [0.25, 0.3) is 0 Å². The van der Waals surface area contributed by atoms with E-state index in [4.69, 9.17) is 19.9 Å². The van der Waals surface area contributed by atoms with Crippen LogP contribution in [0.3, 0.4) is 0 Å².